The molecule has 1 saturated heterocycles. The van der Waals surface area contributed by atoms with Crippen LogP contribution in [0.4, 0.5) is 5.13 Å². The Morgan fingerprint density at radius 3 is 3.05 bits per heavy atom. The van der Waals surface area contributed by atoms with E-state index in [0.717, 1.165) is 27.8 Å². The maximum atomic E-state index is 12.1. The van der Waals surface area contributed by atoms with Gasteiger partial charge >= 0.3 is 0 Å². The van der Waals surface area contributed by atoms with Crippen LogP contribution in [0, 0.1) is 0 Å². The molecule has 3 nitrogen and oxygen atoms in total. The second-order valence-corrected chi connectivity index (χ2v) is 8.21. The SMILES string of the molecule is O=C(Nc1nc(-c2cccs2)cs1)C1CSCCS1. The first kappa shape index (κ1) is 13.5. The Hall–Kier alpha value is -0.500. The van der Waals surface area contributed by atoms with Gasteiger partial charge in [-0.3, -0.25) is 4.79 Å². The van der Waals surface area contributed by atoms with Gasteiger partial charge in [0.15, 0.2) is 5.13 Å². The van der Waals surface area contributed by atoms with Gasteiger partial charge in [-0.1, -0.05) is 6.07 Å². The molecule has 0 radical (unpaired) electrons. The highest BCUT2D eigenvalue weighted by Gasteiger charge is 2.23. The largest absolute Gasteiger partial charge is 0.301 e. The number of thiophene rings is 1. The number of nitrogens with zero attached hydrogens (tertiary/aromatic N) is 1. The first-order valence-electron chi connectivity index (χ1n) is 5.82. The summed E-state index contributed by atoms with van der Waals surface area (Å²) >= 11 is 6.74. The van der Waals surface area contributed by atoms with Gasteiger partial charge in [-0.2, -0.15) is 11.8 Å². The van der Waals surface area contributed by atoms with E-state index in [1.54, 1.807) is 23.1 Å². The number of thiazole rings is 1. The molecule has 0 saturated carbocycles. The smallest absolute Gasteiger partial charge is 0.240 e. The number of carbonyl (C=O) groups excluding carboxylic acids is 1. The molecule has 3 rings (SSSR count). The second kappa shape index (κ2) is 6.30. The first-order chi connectivity index (χ1) is 9.33. The third-order valence-electron chi connectivity index (χ3n) is 2.62. The molecule has 0 bridgehead atoms. The molecule has 1 fully saturated rings. The zero-order chi connectivity index (χ0) is 13.1. The van der Waals surface area contributed by atoms with Gasteiger partial charge in [0.25, 0.3) is 0 Å². The minimum atomic E-state index is 0.0628. The Morgan fingerprint density at radius 1 is 1.37 bits per heavy atom. The highest BCUT2D eigenvalue weighted by atomic mass is 32.2. The number of aromatic nitrogens is 1. The zero-order valence-corrected chi connectivity index (χ0v) is 13.3. The predicted molar refractivity (Wildman–Crippen MR) is 87.6 cm³/mol. The maximum absolute atomic E-state index is 12.1. The fourth-order valence-corrected chi connectivity index (χ4v) is 5.72. The standard InChI is InChI=1S/C12H12N2OS4/c15-11(10-7-16-4-5-18-10)14-12-13-8(6-19-12)9-2-1-3-17-9/h1-3,6,10H,4-5,7H2,(H,13,14,15). The van der Waals surface area contributed by atoms with E-state index < -0.39 is 0 Å². The summed E-state index contributed by atoms with van der Waals surface area (Å²) in [6.07, 6.45) is 0. The molecule has 2 aromatic rings. The minimum absolute atomic E-state index is 0.0628. The van der Waals surface area contributed by atoms with Crippen molar-refractivity contribution in [3.05, 3.63) is 22.9 Å². The van der Waals surface area contributed by atoms with Gasteiger partial charge in [0, 0.05) is 22.6 Å². The highest BCUT2D eigenvalue weighted by molar-refractivity contribution is 8.07. The van der Waals surface area contributed by atoms with E-state index in [4.69, 9.17) is 0 Å². The number of nitrogens with one attached hydrogen (secondary N) is 1. The number of amides is 1. The lowest BCUT2D eigenvalue weighted by Gasteiger charge is -2.19. The summed E-state index contributed by atoms with van der Waals surface area (Å²) in [7, 11) is 0. The van der Waals surface area contributed by atoms with Crippen molar-refractivity contribution in [1.29, 1.82) is 0 Å². The Bertz CT molecular complexity index is 546. The second-order valence-electron chi connectivity index (χ2n) is 3.94. The van der Waals surface area contributed by atoms with Crippen molar-refractivity contribution in [3.63, 3.8) is 0 Å². The van der Waals surface area contributed by atoms with Gasteiger partial charge in [0.05, 0.1) is 15.8 Å². The van der Waals surface area contributed by atoms with Crippen molar-refractivity contribution in [3.8, 4) is 10.6 Å². The summed E-state index contributed by atoms with van der Waals surface area (Å²) in [5.74, 6) is 3.19. The molecule has 1 amide bonds. The highest BCUT2D eigenvalue weighted by Crippen LogP contribution is 2.29. The van der Waals surface area contributed by atoms with Crippen LogP contribution in [0.2, 0.25) is 0 Å². The number of thioether (sulfide) groups is 2. The number of carbonyl (C=O) groups is 1. The van der Waals surface area contributed by atoms with E-state index in [1.807, 2.05) is 34.7 Å². The quantitative estimate of drug-likeness (QED) is 0.934. The Balaban J connectivity index is 1.65. The van der Waals surface area contributed by atoms with Gasteiger partial charge in [-0.25, -0.2) is 4.98 Å². The number of hydrogen-bond acceptors (Lipinski definition) is 6. The third-order valence-corrected chi connectivity index (χ3v) is 7.02. The average molecular weight is 329 g/mol. The molecule has 1 atom stereocenters. The molecule has 19 heavy (non-hydrogen) atoms. The molecule has 2 aromatic heterocycles. The number of anilines is 1. The summed E-state index contributed by atoms with van der Waals surface area (Å²) < 4.78 is 0. The van der Waals surface area contributed by atoms with Crippen LogP contribution in [0.15, 0.2) is 22.9 Å². The summed E-state index contributed by atoms with van der Waals surface area (Å²) in [6.45, 7) is 0. The van der Waals surface area contributed by atoms with E-state index >= 15 is 0 Å². The van der Waals surface area contributed by atoms with Crippen LogP contribution in [0.3, 0.4) is 0 Å². The summed E-state index contributed by atoms with van der Waals surface area (Å²) in [4.78, 5) is 17.7. The van der Waals surface area contributed by atoms with E-state index in [2.05, 4.69) is 10.3 Å². The van der Waals surface area contributed by atoms with E-state index in [-0.39, 0.29) is 11.2 Å². The number of rotatable bonds is 3. The Morgan fingerprint density at radius 2 is 2.32 bits per heavy atom. The maximum Gasteiger partial charge on any atom is 0.240 e. The Kier molecular flexibility index (Phi) is 4.47. The van der Waals surface area contributed by atoms with Crippen LogP contribution in [-0.4, -0.2) is 33.4 Å². The molecule has 7 heteroatoms. The van der Waals surface area contributed by atoms with Gasteiger partial charge in [0.1, 0.15) is 0 Å². The van der Waals surface area contributed by atoms with Gasteiger partial charge in [-0.05, 0) is 11.4 Å². The minimum Gasteiger partial charge on any atom is -0.301 e. The van der Waals surface area contributed by atoms with E-state index in [0.29, 0.717) is 5.13 Å². The topological polar surface area (TPSA) is 42.0 Å². The first-order valence-corrected chi connectivity index (χ1v) is 9.79. The molecule has 1 aliphatic rings. The van der Waals surface area contributed by atoms with Crippen molar-refractivity contribution in [2.24, 2.45) is 0 Å². The van der Waals surface area contributed by atoms with Gasteiger partial charge in [0.2, 0.25) is 5.91 Å². The van der Waals surface area contributed by atoms with Crippen LogP contribution in [0.5, 0.6) is 0 Å². The van der Waals surface area contributed by atoms with Crippen LogP contribution >= 0.6 is 46.2 Å². The summed E-state index contributed by atoms with van der Waals surface area (Å²) in [5, 5.41) is 7.72. The van der Waals surface area contributed by atoms with Crippen LogP contribution < -0.4 is 5.32 Å². The summed E-state index contributed by atoms with van der Waals surface area (Å²) in [6, 6.07) is 4.05. The molecular formula is C12H12N2OS4. The molecule has 0 spiro atoms. The molecule has 0 aromatic carbocycles. The predicted octanol–water partition coefficient (Wildman–Crippen LogP) is 3.66. The average Bonchev–Trinajstić information content (AvgIpc) is 3.10. The van der Waals surface area contributed by atoms with Crippen molar-refractivity contribution in [2.45, 2.75) is 5.25 Å². The van der Waals surface area contributed by atoms with Crippen molar-refractivity contribution >= 4 is 57.2 Å². The van der Waals surface area contributed by atoms with Crippen LogP contribution in [0.1, 0.15) is 0 Å². The lowest BCUT2D eigenvalue weighted by Crippen LogP contribution is -2.30. The van der Waals surface area contributed by atoms with Crippen LogP contribution in [-0.2, 0) is 4.79 Å². The molecule has 1 N–H and O–H groups in total. The fourth-order valence-electron chi connectivity index (χ4n) is 1.69. The fraction of sp³-hybridized carbons (Fsp3) is 0.333. The normalized spacial score (nSPS) is 19.3. The molecule has 100 valence electrons. The van der Waals surface area contributed by atoms with Crippen molar-refractivity contribution < 1.29 is 4.79 Å². The lowest BCUT2D eigenvalue weighted by atomic mass is 10.4. The molecule has 3 heterocycles. The molecular weight excluding hydrogens is 316 g/mol. The van der Waals surface area contributed by atoms with Crippen molar-refractivity contribution in [2.75, 3.05) is 22.6 Å². The lowest BCUT2D eigenvalue weighted by molar-refractivity contribution is -0.115. The van der Waals surface area contributed by atoms with Crippen LogP contribution in [0.25, 0.3) is 10.6 Å². The van der Waals surface area contributed by atoms with Crippen molar-refractivity contribution in [1.82, 2.24) is 4.98 Å². The van der Waals surface area contributed by atoms with E-state index in [1.165, 1.54) is 11.3 Å². The van der Waals surface area contributed by atoms with Gasteiger partial charge in [-0.15, -0.1) is 34.4 Å². The third kappa shape index (κ3) is 3.34. The summed E-state index contributed by atoms with van der Waals surface area (Å²) in [5.41, 5.74) is 0.945. The zero-order valence-electron chi connectivity index (χ0n) is 10.00. The monoisotopic (exact) mass is 328 g/mol. The number of hydrogen-bond donors (Lipinski definition) is 1. The van der Waals surface area contributed by atoms with Gasteiger partial charge < -0.3 is 5.32 Å². The Labute approximate surface area is 128 Å². The molecule has 1 unspecified atom stereocenters. The molecule has 1 aliphatic heterocycles. The molecule has 0 aliphatic carbocycles. The van der Waals surface area contributed by atoms with E-state index in [9.17, 15) is 4.79 Å².